The zero-order valence-corrected chi connectivity index (χ0v) is 28.6. The van der Waals surface area contributed by atoms with Crippen LogP contribution in [0.15, 0.2) is 46.7 Å². The zero-order chi connectivity index (χ0) is 36.0. The number of benzene rings is 1. The predicted molar refractivity (Wildman–Crippen MR) is 185 cm³/mol. The topological polar surface area (TPSA) is 147 Å². The number of aromatic hydroxyl groups is 1. The van der Waals surface area contributed by atoms with Crippen LogP contribution in [0.4, 0.5) is 24.5 Å². The van der Waals surface area contributed by atoms with Crippen molar-refractivity contribution in [3.63, 3.8) is 0 Å². The third-order valence-corrected chi connectivity index (χ3v) is 10.0. The number of thiophene rings is 1. The van der Waals surface area contributed by atoms with Crippen LogP contribution in [0.2, 0.25) is 5.02 Å². The molecule has 18 heteroatoms. The van der Waals surface area contributed by atoms with Crippen molar-refractivity contribution in [1.29, 1.82) is 0 Å². The maximum Gasteiger partial charge on any atom is 0.416 e. The Morgan fingerprint density at radius 2 is 1.94 bits per heavy atom. The van der Waals surface area contributed by atoms with Crippen molar-refractivity contribution in [2.24, 2.45) is 0 Å². The van der Waals surface area contributed by atoms with Crippen molar-refractivity contribution in [3.8, 4) is 5.75 Å². The number of rotatable bonds is 7. The summed E-state index contributed by atoms with van der Waals surface area (Å²) in [6.07, 6.45) is -0.413. The number of hydrogen-bond donors (Lipinski definition) is 2. The molecule has 2 aliphatic heterocycles. The van der Waals surface area contributed by atoms with E-state index in [0.29, 0.717) is 43.0 Å². The molecule has 2 amide bonds. The quantitative estimate of drug-likeness (QED) is 0.239. The van der Waals surface area contributed by atoms with E-state index in [0.717, 1.165) is 33.0 Å². The maximum absolute atomic E-state index is 14.2. The molecule has 2 aliphatic rings. The first-order valence-electron chi connectivity index (χ1n) is 16.0. The molecule has 13 nitrogen and oxygen atoms in total. The Morgan fingerprint density at radius 3 is 2.63 bits per heavy atom. The minimum atomic E-state index is -4.61. The molecule has 0 spiro atoms. The molecule has 51 heavy (non-hydrogen) atoms. The Balaban J connectivity index is 1.21. The maximum atomic E-state index is 14.2. The smallest absolute Gasteiger partial charge is 0.416 e. The van der Waals surface area contributed by atoms with E-state index >= 15 is 0 Å². The van der Waals surface area contributed by atoms with Crippen LogP contribution in [-0.4, -0.2) is 85.4 Å². The monoisotopic (exact) mass is 742 g/mol. The number of carbonyl (C=O) groups is 2. The van der Waals surface area contributed by atoms with Gasteiger partial charge in [-0.2, -0.15) is 22.7 Å². The second kappa shape index (κ2) is 13.6. The number of amides is 2. The Morgan fingerprint density at radius 1 is 1.16 bits per heavy atom. The summed E-state index contributed by atoms with van der Waals surface area (Å²) in [7, 11) is 0. The van der Waals surface area contributed by atoms with E-state index in [1.54, 1.807) is 27.1 Å². The third-order valence-electron chi connectivity index (χ3n) is 8.85. The summed E-state index contributed by atoms with van der Waals surface area (Å²) in [6, 6.07) is 4.37. The molecule has 7 rings (SSSR count). The molecular weight excluding hydrogens is 713 g/mol. The summed E-state index contributed by atoms with van der Waals surface area (Å²) in [5.41, 5.74) is 0.0443. The molecule has 0 saturated carbocycles. The molecule has 0 unspecified atom stereocenters. The van der Waals surface area contributed by atoms with Gasteiger partial charge in [-0.25, -0.2) is 4.98 Å². The van der Waals surface area contributed by atoms with E-state index < -0.39 is 29.1 Å². The highest BCUT2D eigenvalue weighted by molar-refractivity contribution is 7.17. The molecule has 1 saturated heterocycles. The molecule has 1 aromatic carbocycles. The number of aromatic nitrogens is 5. The lowest BCUT2D eigenvalue weighted by molar-refractivity contribution is -0.137. The lowest BCUT2D eigenvalue weighted by Crippen LogP contribution is -2.51. The number of carbonyl (C=O) groups excluding carboxylic acids is 2. The summed E-state index contributed by atoms with van der Waals surface area (Å²) in [5, 5.41) is 19.9. The number of halogens is 4. The van der Waals surface area contributed by atoms with Gasteiger partial charge in [0.25, 0.3) is 11.5 Å². The standard InChI is InChI=1S/C33H30ClF3N8O5S/c1-2-23-27(42-8-10-43(11-9-42)30(48)26-28(47)20-7-14-51-24(20)16-38-26)31(49)45-32(40-29(41-45)18-5-12-50-13-6-18)44(23)17-25(46)39-22-4-3-19(15-21(22)34)33(35,36)37/h3-5,7,14-16,47H,2,6,8-13,17H2,1H3,(H,39,46). The number of nitrogens with one attached hydrogen (secondary N) is 1. The number of alkyl halides is 3. The first-order chi connectivity index (χ1) is 24.4. The number of piperazine rings is 1. The zero-order valence-electron chi connectivity index (χ0n) is 27.0. The van der Waals surface area contributed by atoms with Gasteiger partial charge in [0, 0.05) is 37.8 Å². The van der Waals surface area contributed by atoms with Gasteiger partial charge in [0.1, 0.15) is 12.2 Å². The molecule has 6 heterocycles. The fourth-order valence-corrected chi connectivity index (χ4v) is 7.27. The van der Waals surface area contributed by atoms with Gasteiger partial charge in [0.2, 0.25) is 11.7 Å². The van der Waals surface area contributed by atoms with E-state index in [9.17, 15) is 32.7 Å². The molecule has 2 N–H and O–H groups in total. The largest absolute Gasteiger partial charge is 0.505 e. The molecule has 266 valence electrons. The Hall–Kier alpha value is -5.00. The van der Waals surface area contributed by atoms with Crippen molar-refractivity contribution in [2.75, 3.05) is 49.6 Å². The highest BCUT2D eigenvalue weighted by Gasteiger charge is 2.32. The lowest BCUT2D eigenvalue weighted by atomic mass is 10.1. The average Bonchev–Trinajstić information content (AvgIpc) is 3.79. The first kappa shape index (κ1) is 34.4. The SMILES string of the molecule is CCc1c(N2CCN(C(=O)c3ncc4sccc4c3O)CC2)c(=O)n2nc(C3=CCOCC3)nc2n1CC(=O)Nc1ccc(C(F)(F)F)cc1Cl. The number of fused-ring (bicyclic) bond motifs is 2. The number of pyridine rings is 1. The molecule has 4 aromatic heterocycles. The molecule has 5 aromatic rings. The van der Waals surface area contributed by atoms with Crippen LogP contribution in [-0.2, 0) is 28.7 Å². The molecule has 0 aliphatic carbocycles. The van der Waals surface area contributed by atoms with Gasteiger partial charge in [-0.05, 0) is 48.1 Å². The van der Waals surface area contributed by atoms with E-state index in [-0.39, 0.29) is 66.3 Å². The minimum Gasteiger partial charge on any atom is -0.505 e. The van der Waals surface area contributed by atoms with Crippen molar-refractivity contribution >= 4 is 67.6 Å². The van der Waals surface area contributed by atoms with Crippen LogP contribution < -0.4 is 15.8 Å². The molecule has 0 atom stereocenters. The van der Waals surface area contributed by atoms with Gasteiger partial charge in [-0.3, -0.25) is 14.4 Å². The molecule has 0 radical (unpaired) electrons. The summed E-state index contributed by atoms with van der Waals surface area (Å²) >= 11 is 7.52. The van der Waals surface area contributed by atoms with Crippen LogP contribution in [0, 0.1) is 0 Å². The van der Waals surface area contributed by atoms with Gasteiger partial charge in [0.15, 0.2) is 17.3 Å². The fraction of sp³-hybridized carbons (Fsp3) is 0.333. The molecule has 1 fully saturated rings. The van der Waals surface area contributed by atoms with E-state index in [2.05, 4.69) is 20.4 Å². The van der Waals surface area contributed by atoms with Gasteiger partial charge in [-0.15, -0.1) is 16.4 Å². The van der Waals surface area contributed by atoms with Crippen molar-refractivity contribution in [1.82, 2.24) is 29.0 Å². The normalized spacial score (nSPS) is 15.4. The summed E-state index contributed by atoms with van der Waals surface area (Å²) < 4.78 is 48.5. The predicted octanol–water partition coefficient (Wildman–Crippen LogP) is 4.85. The Kier molecular flexibility index (Phi) is 9.19. The highest BCUT2D eigenvalue weighted by atomic mass is 35.5. The fourth-order valence-electron chi connectivity index (χ4n) is 6.29. The van der Waals surface area contributed by atoms with Crippen LogP contribution in [0.5, 0.6) is 5.75 Å². The minimum absolute atomic E-state index is 0.0148. The summed E-state index contributed by atoms with van der Waals surface area (Å²) in [4.78, 5) is 53.4. The molecule has 0 bridgehead atoms. The van der Waals surface area contributed by atoms with Crippen LogP contribution in [0.3, 0.4) is 0 Å². The van der Waals surface area contributed by atoms with Gasteiger partial charge >= 0.3 is 6.18 Å². The van der Waals surface area contributed by atoms with E-state index in [1.165, 1.54) is 11.3 Å². The number of nitrogens with zero attached hydrogens (tertiary/aromatic N) is 7. The molecular formula is C33H30ClF3N8O5S. The number of anilines is 2. The van der Waals surface area contributed by atoms with Gasteiger partial charge < -0.3 is 29.5 Å². The second-order valence-electron chi connectivity index (χ2n) is 11.9. The van der Waals surface area contributed by atoms with Crippen molar-refractivity contribution in [3.05, 3.63) is 80.1 Å². The summed E-state index contributed by atoms with van der Waals surface area (Å²) in [5.74, 6) is -0.827. The van der Waals surface area contributed by atoms with Crippen molar-refractivity contribution < 1.29 is 32.6 Å². The highest BCUT2D eigenvalue weighted by Crippen LogP contribution is 2.34. The average molecular weight is 743 g/mol. The van der Waals surface area contributed by atoms with Crippen LogP contribution >= 0.6 is 22.9 Å². The number of hydrogen-bond acceptors (Lipinski definition) is 10. The second-order valence-corrected chi connectivity index (χ2v) is 13.3. The summed E-state index contributed by atoms with van der Waals surface area (Å²) in [6.45, 7) is 3.18. The van der Waals surface area contributed by atoms with E-state index in [4.69, 9.17) is 16.3 Å². The number of ether oxygens (including phenoxy) is 1. The van der Waals surface area contributed by atoms with Crippen LogP contribution in [0.25, 0.3) is 21.4 Å². The van der Waals surface area contributed by atoms with Crippen molar-refractivity contribution in [2.45, 2.75) is 32.5 Å². The van der Waals surface area contributed by atoms with Crippen LogP contribution in [0.1, 0.15) is 40.9 Å². The van der Waals surface area contributed by atoms with Gasteiger partial charge in [-0.1, -0.05) is 24.6 Å². The lowest BCUT2D eigenvalue weighted by Gasteiger charge is -2.36. The Bertz CT molecular complexity index is 2280. The van der Waals surface area contributed by atoms with Gasteiger partial charge in [0.05, 0.1) is 39.9 Å². The Labute approximate surface area is 296 Å². The van der Waals surface area contributed by atoms with E-state index in [1.807, 2.05) is 17.9 Å². The third kappa shape index (κ3) is 6.52. The first-order valence-corrected chi connectivity index (χ1v) is 17.3.